The molecule has 0 bridgehead atoms. The van der Waals surface area contributed by atoms with E-state index in [-0.39, 0.29) is 5.78 Å². The first-order valence-corrected chi connectivity index (χ1v) is 6.42. The van der Waals surface area contributed by atoms with Crippen LogP contribution in [-0.4, -0.2) is 28.2 Å². The summed E-state index contributed by atoms with van der Waals surface area (Å²) < 4.78 is 7.72. The first-order valence-electron chi connectivity index (χ1n) is 4.16. The Morgan fingerprint density at radius 3 is 2.29 bits per heavy atom. The normalized spacial score (nSPS) is 25.4. The minimum atomic E-state index is 0.171. The molecule has 2 rings (SSSR count). The minimum absolute atomic E-state index is 0.171. The van der Waals surface area contributed by atoms with Crippen LogP contribution in [-0.2, 0) is 4.79 Å². The Labute approximate surface area is 97.1 Å². The summed E-state index contributed by atoms with van der Waals surface area (Å²) in [5.41, 5.74) is 0.657. The van der Waals surface area contributed by atoms with Gasteiger partial charge in [0.25, 0.3) is 0 Å². The summed E-state index contributed by atoms with van der Waals surface area (Å²) in [7, 11) is 0. The third-order valence-electron chi connectivity index (χ3n) is 1.68. The van der Waals surface area contributed by atoms with Gasteiger partial charge in [0, 0.05) is 11.7 Å². The Bertz CT molecular complexity index is 291. The van der Waals surface area contributed by atoms with Gasteiger partial charge in [0.05, 0.1) is 11.5 Å². The molecule has 0 radical (unpaired) electrons. The van der Waals surface area contributed by atoms with Crippen molar-refractivity contribution in [3.63, 3.8) is 0 Å². The van der Waals surface area contributed by atoms with E-state index in [9.17, 15) is 4.79 Å². The maximum atomic E-state index is 10.4. The molecule has 0 aromatic carbocycles. The average Bonchev–Trinajstić information content (AvgIpc) is 2.67. The number of halogens is 1. The molecule has 3 nitrogen and oxygen atoms in total. The average molecular weight is 251 g/mol. The van der Waals surface area contributed by atoms with Crippen molar-refractivity contribution in [2.75, 3.05) is 11.5 Å². The smallest absolute Gasteiger partial charge is 0.189 e. The molecule has 1 unspecified atom stereocenters. The van der Waals surface area contributed by atoms with E-state index in [0.29, 0.717) is 17.4 Å². The molecule has 2 aliphatic heterocycles. The number of Topliss-reactive ketones (excluding diaryl/α,β-unsaturated/α-hetero) is 1. The van der Waals surface area contributed by atoms with Crippen LogP contribution in [0.15, 0.2) is 8.80 Å². The van der Waals surface area contributed by atoms with Crippen molar-refractivity contribution in [1.29, 1.82) is 0 Å². The van der Waals surface area contributed by atoms with Crippen LogP contribution in [0.2, 0.25) is 0 Å². The highest BCUT2D eigenvalue weighted by Gasteiger charge is 2.13. The van der Waals surface area contributed by atoms with Gasteiger partial charge < -0.3 is 0 Å². The maximum absolute atomic E-state index is 10.4. The van der Waals surface area contributed by atoms with E-state index >= 15 is 0 Å². The summed E-state index contributed by atoms with van der Waals surface area (Å²) in [4.78, 5) is 10.4. The molecule has 0 aromatic rings. The van der Waals surface area contributed by atoms with Crippen molar-refractivity contribution in [3.8, 4) is 0 Å². The van der Waals surface area contributed by atoms with Gasteiger partial charge in [-0.1, -0.05) is 18.5 Å². The topological polar surface area (TPSA) is 41.8 Å². The number of rotatable bonds is 0. The van der Waals surface area contributed by atoms with Crippen LogP contribution in [0, 0.1) is 5.92 Å². The van der Waals surface area contributed by atoms with Gasteiger partial charge in [0.2, 0.25) is 0 Å². The fourth-order valence-corrected chi connectivity index (χ4v) is 2.47. The summed E-state index contributed by atoms with van der Waals surface area (Å²) in [6.07, 6.45) is 0. The monoisotopic (exact) mass is 250 g/mol. The number of ketones is 1. The van der Waals surface area contributed by atoms with Gasteiger partial charge in [-0.2, -0.15) is 0 Å². The van der Waals surface area contributed by atoms with E-state index in [2.05, 4.69) is 15.7 Å². The van der Waals surface area contributed by atoms with Crippen LogP contribution in [0.3, 0.4) is 0 Å². The molecule has 1 atom stereocenters. The molecule has 14 heavy (non-hydrogen) atoms. The third kappa shape index (κ3) is 3.63. The van der Waals surface area contributed by atoms with E-state index in [4.69, 9.17) is 11.6 Å². The van der Waals surface area contributed by atoms with Gasteiger partial charge in [0.15, 0.2) is 5.78 Å². The zero-order valence-electron chi connectivity index (χ0n) is 7.99. The second kappa shape index (κ2) is 5.78. The molecule has 0 saturated heterocycles. The standard InChI is InChI=1S/C4H6ClNS.C4H5NOS/c1-3-2-7-6-4(3)5;1-3-4(6)2-7-5-3/h3H,2H2,1H3;2H2,1H3. The van der Waals surface area contributed by atoms with Gasteiger partial charge in [-0.3, -0.25) is 4.79 Å². The van der Waals surface area contributed by atoms with Crippen molar-refractivity contribution in [1.82, 2.24) is 0 Å². The first kappa shape index (κ1) is 12.1. The molecule has 0 spiro atoms. The molecule has 0 amide bonds. The van der Waals surface area contributed by atoms with Crippen LogP contribution in [0.4, 0.5) is 0 Å². The lowest BCUT2D eigenvalue weighted by molar-refractivity contribution is -0.110. The van der Waals surface area contributed by atoms with E-state index in [1.54, 1.807) is 18.9 Å². The van der Waals surface area contributed by atoms with E-state index in [1.807, 2.05) is 0 Å². The van der Waals surface area contributed by atoms with Crippen molar-refractivity contribution in [2.24, 2.45) is 14.7 Å². The van der Waals surface area contributed by atoms with Gasteiger partial charge in [-0.25, -0.2) is 8.80 Å². The molecular weight excluding hydrogens is 240 g/mol. The SMILES string of the molecule is CC1=NSCC1=O.CC1CSN=C1Cl. The second-order valence-corrected chi connectivity index (χ2v) is 4.87. The highest BCUT2D eigenvalue weighted by Crippen LogP contribution is 2.22. The minimum Gasteiger partial charge on any atom is -0.292 e. The van der Waals surface area contributed by atoms with Gasteiger partial charge in [0.1, 0.15) is 5.17 Å². The van der Waals surface area contributed by atoms with E-state index in [0.717, 1.165) is 10.9 Å². The van der Waals surface area contributed by atoms with Crippen LogP contribution in [0.5, 0.6) is 0 Å². The van der Waals surface area contributed by atoms with Crippen LogP contribution in [0.25, 0.3) is 0 Å². The quantitative estimate of drug-likeness (QED) is 0.621. The van der Waals surface area contributed by atoms with E-state index in [1.165, 1.54) is 11.9 Å². The summed E-state index contributed by atoms with van der Waals surface area (Å²) in [6, 6.07) is 0. The van der Waals surface area contributed by atoms with Crippen molar-refractivity contribution in [2.45, 2.75) is 13.8 Å². The highest BCUT2D eigenvalue weighted by molar-refractivity contribution is 7.99. The Morgan fingerprint density at radius 1 is 1.43 bits per heavy atom. The molecule has 0 N–H and O–H groups in total. The number of carbonyl (C=O) groups is 1. The van der Waals surface area contributed by atoms with Crippen molar-refractivity contribution < 1.29 is 4.79 Å². The lowest BCUT2D eigenvalue weighted by Crippen LogP contribution is -2.04. The highest BCUT2D eigenvalue weighted by atomic mass is 35.5. The maximum Gasteiger partial charge on any atom is 0.189 e. The summed E-state index contributed by atoms with van der Waals surface area (Å²) in [5, 5.41) is 0.769. The summed E-state index contributed by atoms with van der Waals surface area (Å²) in [6.45, 7) is 3.81. The number of hydrogen-bond acceptors (Lipinski definition) is 5. The van der Waals surface area contributed by atoms with Crippen molar-refractivity contribution >= 4 is 52.2 Å². The predicted molar refractivity (Wildman–Crippen MR) is 65.5 cm³/mol. The molecule has 0 saturated carbocycles. The molecule has 0 fully saturated rings. The third-order valence-corrected chi connectivity index (χ3v) is 4.01. The molecule has 0 aliphatic carbocycles. The molecule has 6 heteroatoms. The zero-order valence-corrected chi connectivity index (χ0v) is 10.4. The number of hydrogen-bond donors (Lipinski definition) is 0. The van der Waals surface area contributed by atoms with Crippen LogP contribution >= 0.6 is 35.5 Å². The summed E-state index contributed by atoms with van der Waals surface area (Å²) in [5.74, 6) is 2.27. The molecule has 2 heterocycles. The molecular formula is C8H11ClN2OS2. The lowest BCUT2D eigenvalue weighted by Gasteiger charge is -1.91. The number of carbonyl (C=O) groups excluding carboxylic acids is 1. The molecule has 0 aromatic heterocycles. The van der Waals surface area contributed by atoms with E-state index < -0.39 is 0 Å². The fraction of sp³-hybridized carbons (Fsp3) is 0.625. The van der Waals surface area contributed by atoms with Crippen LogP contribution < -0.4 is 0 Å². The fourth-order valence-electron chi connectivity index (χ4n) is 0.713. The predicted octanol–water partition coefficient (Wildman–Crippen LogP) is 2.60. The summed E-state index contributed by atoms with van der Waals surface area (Å²) >= 11 is 8.47. The lowest BCUT2D eigenvalue weighted by atomic mass is 10.2. The van der Waals surface area contributed by atoms with Crippen molar-refractivity contribution in [3.05, 3.63) is 0 Å². The largest absolute Gasteiger partial charge is 0.292 e. The second-order valence-electron chi connectivity index (χ2n) is 2.98. The Kier molecular flexibility index (Phi) is 4.98. The molecule has 2 aliphatic rings. The number of nitrogens with zero attached hydrogens (tertiary/aromatic N) is 2. The van der Waals surface area contributed by atoms with Gasteiger partial charge in [-0.15, -0.1) is 0 Å². The van der Waals surface area contributed by atoms with Crippen LogP contribution in [0.1, 0.15) is 13.8 Å². The van der Waals surface area contributed by atoms with Gasteiger partial charge >= 0.3 is 0 Å². The Balaban J connectivity index is 0.000000140. The zero-order chi connectivity index (χ0) is 10.6. The Hall–Kier alpha value is -0.000000000000000111. The Morgan fingerprint density at radius 2 is 2.14 bits per heavy atom. The van der Waals surface area contributed by atoms with Gasteiger partial charge in [-0.05, 0) is 30.8 Å². The molecule has 78 valence electrons. The first-order chi connectivity index (χ1) is 6.61.